The highest BCUT2D eigenvalue weighted by molar-refractivity contribution is 7.89. The molecule has 3 aromatic heterocycles. The van der Waals surface area contributed by atoms with Gasteiger partial charge in [-0.15, -0.1) is 0 Å². The van der Waals surface area contributed by atoms with E-state index in [2.05, 4.69) is 10.1 Å². The normalized spacial score (nSPS) is 12.8. The van der Waals surface area contributed by atoms with Crippen LogP contribution in [0.5, 0.6) is 5.75 Å². The molecule has 0 radical (unpaired) electrons. The summed E-state index contributed by atoms with van der Waals surface area (Å²) in [7, 11) is -4.11. The van der Waals surface area contributed by atoms with E-state index < -0.39 is 16.1 Å². The number of ether oxygens (including phenoxy) is 1. The Balaban J connectivity index is 1.89. The lowest BCUT2D eigenvalue weighted by Gasteiger charge is -2.19. The quantitative estimate of drug-likeness (QED) is 0.482. The van der Waals surface area contributed by atoms with Crippen LogP contribution in [0.1, 0.15) is 35.4 Å². The lowest BCUT2D eigenvalue weighted by atomic mass is 10.0. The third kappa shape index (κ3) is 3.90. The summed E-state index contributed by atoms with van der Waals surface area (Å²) in [5, 5.41) is 9.03. The van der Waals surface area contributed by atoms with Crippen LogP contribution >= 0.6 is 0 Å². The topological polar surface area (TPSA) is 139 Å². The van der Waals surface area contributed by atoms with Crippen LogP contribution < -0.4 is 15.3 Å². The molecule has 0 aliphatic carbocycles. The second-order valence-electron chi connectivity index (χ2n) is 7.59. The molecular weight excluding hydrogens is 434 g/mol. The highest BCUT2D eigenvalue weighted by Gasteiger charge is 2.23. The lowest BCUT2D eigenvalue weighted by Crippen LogP contribution is -2.17. The second kappa shape index (κ2) is 7.88. The molecule has 0 saturated carbocycles. The van der Waals surface area contributed by atoms with E-state index in [0.29, 0.717) is 39.1 Å². The number of fused-ring (bicyclic) bond motifs is 1. The highest BCUT2D eigenvalue weighted by Crippen LogP contribution is 2.33. The van der Waals surface area contributed by atoms with E-state index in [1.54, 1.807) is 32.9 Å². The molecule has 1 atom stereocenters. The predicted molar refractivity (Wildman–Crippen MR) is 117 cm³/mol. The summed E-state index contributed by atoms with van der Waals surface area (Å²) in [6.45, 7) is 6.90. The van der Waals surface area contributed by atoms with Crippen molar-refractivity contribution < 1.29 is 22.1 Å². The maximum absolute atomic E-state index is 13.1. The number of hydrogen-bond acceptors (Lipinski definition) is 8. The van der Waals surface area contributed by atoms with Gasteiger partial charge in [-0.2, -0.15) is 0 Å². The SMILES string of the molecule is Cc1cc([C@@H](C)Oc2ccc(C)nc2S(N)(=O)=O)c2oc(-c3cnoc3)c(C)c(=O)c2c1. The first-order valence-corrected chi connectivity index (χ1v) is 11.3. The Morgan fingerprint density at radius 3 is 2.56 bits per heavy atom. The Hall–Kier alpha value is -3.50. The van der Waals surface area contributed by atoms with Crippen LogP contribution in [-0.4, -0.2) is 18.6 Å². The van der Waals surface area contributed by atoms with Crippen LogP contribution in [0.4, 0.5) is 0 Å². The number of rotatable bonds is 5. The molecule has 0 unspecified atom stereocenters. The van der Waals surface area contributed by atoms with E-state index in [1.165, 1.54) is 18.5 Å². The van der Waals surface area contributed by atoms with Crippen molar-refractivity contribution >= 4 is 21.0 Å². The fourth-order valence-corrected chi connectivity index (χ4v) is 4.20. The maximum Gasteiger partial charge on any atom is 0.259 e. The van der Waals surface area contributed by atoms with Gasteiger partial charge in [0.25, 0.3) is 10.0 Å². The number of pyridine rings is 1. The molecular formula is C22H21N3O6S. The van der Waals surface area contributed by atoms with Crippen molar-refractivity contribution in [2.45, 2.75) is 38.8 Å². The summed E-state index contributed by atoms with van der Waals surface area (Å²) < 4.78 is 41.0. The van der Waals surface area contributed by atoms with Crippen LogP contribution in [0.3, 0.4) is 0 Å². The first kappa shape index (κ1) is 21.7. The zero-order valence-electron chi connectivity index (χ0n) is 17.9. The van der Waals surface area contributed by atoms with Crippen molar-refractivity contribution in [2.24, 2.45) is 5.14 Å². The molecule has 0 fully saturated rings. The average molecular weight is 455 g/mol. The van der Waals surface area contributed by atoms with Gasteiger partial charge in [0.1, 0.15) is 23.7 Å². The molecule has 10 heteroatoms. The smallest absolute Gasteiger partial charge is 0.259 e. The molecule has 4 rings (SSSR count). The van der Waals surface area contributed by atoms with E-state index in [0.717, 1.165) is 5.56 Å². The molecule has 9 nitrogen and oxygen atoms in total. The van der Waals surface area contributed by atoms with Gasteiger partial charge in [0, 0.05) is 16.8 Å². The van der Waals surface area contributed by atoms with Gasteiger partial charge < -0.3 is 13.7 Å². The van der Waals surface area contributed by atoms with Crippen molar-refractivity contribution in [3.8, 4) is 17.1 Å². The largest absolute Gasteiger partial charge is 0.483 e. The minimum absolute atomic E-state index is 0.00831. The summed E-state index contributed by atoms with van der Waals surface area (Å²) in [4.78, 5) is 17.1. The fourth-order valence-electron chi connectivity index (χ4n) is 3.53. The van der Waals surface area contributed by atoms with Gasteiger partial charge in [0.2, 0.25) is 5.03 Å². The number of nitrogens with zero attached hydrogens (tertiary/aromatic N) is 2. The number of sulfonamides is 1. The van der Waals surface area contributed by atoms with Gasteiger partial charge in [-0.05, 0) is 57.5 Å². The van der Waals surface area contributed by atoms with Crippen LogP contribution in [0.15, 0.2) is 55.5 Å². The Kier molecular flexibility index (Phi) is 5.35. The van der Waals surface area contributed by atoms with Gasteiger partial charge in [-0.3, -0.25) is 4.79 Å². The summed E-state index contributed by atoms with van der Waals surface area (Å²) in [5.41, 5.74) is 2.95. The first-order chi connectivity index (χ1) is 15.1. The molecule has 32 heavy (non-hydrogen) atoms. The Bertz CT molecular complexity index is 1490. The van der Waals surface area contributed by atoms with Crippen molar-refractivity contribution in [2.75, 3.05) is 0 Å². The lowest BCUT2D eigenvalue weighted by molar-refractivity contribution is 0.218. The molecule has 1 aromatic carbocycles. The fraction of sp³-hybridized carbons (Fsp3) is 0.227. The van der Waals surface area contributed by atoms with E-state index in [9.17, 15) is 13.2 Å². The molecule has 0 spiro atoms. The van der Waals surface area contributed by atoms with Gasteiger partial charge in [-0.1, -0.05) is 5.16 Å². The third-order valence-corrected chi connectivity index (χ3v) is 5.89. The zero-order valence-corrected chi connectivity index (χ0v) is 18.7. The maximum atomic E-state index is 13.1. The number of benzene rings is 1. The molecule has 0 aliphatic rings. The molecule has 0 amide bonds. The van der Waals surface area contributed by atoms with E-state index >= 15 is 0 Å². The minimum atomic E-state index is -4.11. The van der Waals surface area contributed by atoms with Crippen molar-refractivity contribution in [3.05, 3.63) is 69.3 Å². The van der Waals surface area contributed by atoms with Crippen molar-refractivity contribution in [1.82, 2.24) is 10.1 Å². The standard InChI is InChI=1S/C22H21N3O6S/c1-11-7-16(14(4)30-18-6-5-12(2)25-22(18)32(23,27)28)21-17(8-11)19(26)13(3)20(31-21)15-9-24-29-10-15/h5-10,14H,1-4H3,(H2,23,27,28)/t14-/m1/s1. The van der Waals surface area contributed by atoms with Crippen LogP contribution in [0.2, 0.25) is 0 Å². The van der Waals surface area contributed by atoms with E-state index in [4.69, 9.17) is 18.8 Å². The Morgan fingerprint density at radius 2 is 1.91 bits per heavy atom. The highest BCUT2D eigenvalue weighted by atomic mass is 32.2. The van der Waals surface area contributed by atoms with Crippen molar-refractivity contribution in [3.63, 3.8) is 0 Å². The number of aromatic nitrogens is 2. The monoisotopic (exact) mass is 455 g/mol. The third-order valence-electron chi connectivity index (χ3n) is 5.06. The first-order valence-electron chi connectivity index (χ1n) is 9.71. The molecule has 2 N–H and O–H groups in total. The van der Waals surface area contributed by atoms with Crippen LogP contribution in [-0.2, 0) is 10.0 Å². The second-order valence-corrected chi connectivity index (χ2v) is 9.07. The number of aryl methyl sites for hydroxylation is 2. The number of hydrogen-bond donors (Lipinski definition) is 1. The molecule has 166 valence electrons. The molecule has 3 heterocycles. The van der Waals surface area contributed by atoms with Gasteiger partial charge in [0.05, 0.1) is 17.1 Å². The van der Waals surface area contributed by atoms with E-state index in [1.807, 2.05) is 13.0 Å². The molecule has 0 bridgehead atoms. The van der Waals surface area contributed by atoms with E-state index in [-0.39, 0.29) is 16.2 Å². The van der Waals surface area contributed by atoms with Crippen LogP contribution in [0.25, 0.3) is 22.3 Å². The Labute approximate surface area is 183 Å². The van der Waals surface area contributed by atoms with Gasteiger partial charge in [-0.25, -0.2) is 18.5 Å². The van der Waals surface area contributed by atoms with Crippen LogP contribution in [0, 0.1) is 20.8 Å². The predicted octanol–water partition coefficient (Wildman–Crippen LogP) is 3.56. The Morgan fingerprint density at radius 1 is 1.16 bits per heavy atom. The molecule has 0 aliphatic heterocycles. The van der Waals surface area contributed by atoms with Gasteiger partial charge >= 0.3 is 0 Å². The zero-order chi connectivity index (χ0) is 23.2. The molecule has 4 aromatic rings. The van der Waals surface area contributed by atoms with Crippen molar-refractivity contribution in [1.29, 1.82) is 0 Å². The summed E-state index contributed by atoms with van der Waals surface area (Å²) in [6, 6.07) is 6.68. The molecule has 0 saturated heterocycles. The number of nitrogens with two attached hydrogens (primary N) is 1. The summed E-state index contributed by atoms with van der Waals surface area (Å²) in [5.74, 6) is 0.345. The summed E-state index contributed by atoms with van der Waals surface area (Å²) >= 11 is 0. The van der Waals surface area contributed by atoms with Gasteiger partial charge in [0.15, 0.2) is 11.2 Å². The minimum Gasteiger partial charge on any atom is -0.483 e. The number of primary sulfonamides is 1. The summed E-state index contributed by atoms with van der Waals surface area (Å²) in [6.07, 6.45) is 2.16. The average Bonchev–Trinajstić information content (AvgIpc) is 3.25.